The maximum absolute atomic E-state index is 5.57. The van der Waals surface area contributed by atoms with Gasteiger partial charge >= 0.3 is 0 Å². The van der Waals surface area contributed by atoms with Crippen LogP contribution in [0.15, 0.2) is 0 Å². The predicted molar refractivity (Wildman–Crippen MR) is 60.6 cm³/mol. The first-order valence-electron chi connectivity index (χ1n) is 5.97. The molecule has 0 aromatic heterocycles. The second-order valence-corrected chi connectivity index (χ2v) is 3.63. The van der Waals surface area contributed by atoms with Gasteiger partial charge < -0.3 is 9.47 Å². The molecule has 0 spiro atoms. The molecule has 1 heterocycles. The van der Waals surface area contributed by atoms with E-state index in [1.807, 2.05) is 13.8 Å². The van der Waals surface area contributed by atoms with E-state index >= 15 is 0 Å². The van der Waals surface area contributed by atoms with Crippen LogP contribution in [-0.4, -0.2) is 26.4 Å². The van der Waals surface area contributed by atoms with Gasteiger partial charge in [0.1, 0.15) is 0 Å². The zero-order chi connectivity index (χ0) is 10.8. The average Bonchev–Trinajstić information content (AvgIpc) is 2.22. The molecule has 2 nitrogen and oxygen atoms in total. The van der Waals surface area contributed by atoms with Gasteiger partial charge in [0.05, 0.1) is 12.7 Å². The second kappa shape index (κ2) is 9.47. The van der Waals surface area contributed by atoms with Gasteiger partial charge in [0.25, 0.3) is 0 Å². The molecule has 0 bridgehead atoms. The molecule has 14 heavy (non-hydrogen) atoms. The van der Waals surface area contributed by atoms with Gasteiger partial charge in [0, 0.05) is 13.7 Å². The van der Waals surface area contributed by atoms with Crippen LogP contribution in [0.4, 0.5) is 0 Å². The number of rotatable bonds is 4. The number of ether oxygens (including phenoxy) is 2. The lowest BCUT2D eigenvalue weighted by molar-refractivity contribution is -0.0486. The SMILES string of the molecule is CC.CCCC1CCOC(COC)C1. The topological polar surface area (TPSA) is 18.5 Å². The van der Waals surface area contributed by atoms with E-state index in [4.69, 9.17) is 9.47 Å². The van der Waals surface area contributed by atoms with Crippen LogP contribution >= 0.6 is 0 Å². The fraction of sp³-hybridized carbons (Fsp3) is 1.00. The average molecular weight is 202 g/mol. The van der Waals surface area contributed by atoms with Crippen LogP contribution in [0.1, 0.15) is 46.5 Å². The van der Waals surface area contributed by atoms with E-state index in [0.717, 1.165) is 19.1 Å². The zero-order valence-electron chi connectivity index (χ0n) is 10.2. The summed E-state index contributed by atoms with van der Waals surface area (Å²) >= 11 is 0. The summed E-state index contributed by atoms with van der Waals surface area (Å²) in [5.41, 5.74) is 0. The minimum absolute atomic E-state index is 0.361. The normalized spacial score (nSPS) is 26.6. The molecule has 2 atom stereocenters. The van der Waals surface area contributed by atoms with Crippen LogP contribution in [0, 0.1) is 5.92 Å². The van der Waals surface area contributed by atoms with Crippen LogP contribution in [0.25, 0.3) is 0 Å². The van der Waals surface area contributed by atoms with E-state index in [1.165, 1.54) is 25.7 Å². The van der Waals surface area contributed by atoms with E-state index in [2.05, 4.69) is 6.92 Å². The van der Waals surface area contributed by atoms with Gasteiger partial charge in [-0.2, -0.15) is 0 Å². The minimum Gasteiger partial charge on any atom is -0.382 e. The maximum Gasteiger partial charge on any atom is 0.0811 e. The number of hydrogen-bond acceptors (Lipinski definition) is 2. The van der Waals surface area contributed by atoms with E-state index in [-0.39, 0.29) is 0 Å². The molecule has 0 saturated carbocycles. The third kappa shape index (κ3) is 5.61. The summed E-state index contributed by atoms with van der Waals surface area (Å²) in [6.45, 7) is 7.94. The molecule has 1 saturated heterocycles. The van der Waals surface area contributed by atoms with Crippen LogP contribution in [0.3, 0.4) is 0 Å². The van der Waals surface area contributed by atoms with E-state index < -0.39 is 0 Å². The highest BCUT2D eigenvalue weighted by Gasteiger charge is 2.21. The molecule has 2 unspecified atom stereocenters. The fourth-order valence-electron chi connectivity index (χ4n) is 1.93. The van der Waals surface area contributed by atoms with Crippen molar-refractivity contribution in [1.29, 1.82) is 0 Å². The van der Waals surface area contributed by atoms with Crippen molar-refractivity contribution in [3.63, 3.8) is 0 Å². The van der Waals surface area contributed by atoms with E-state index in [0.29, 0.717) is 6.10 Å². The van der Waals surface area contributed by atoms with Crippen LogP contribution in [0.5, 0.6) is 0 Å². The first-order valence-corrected chi connectivity index (χ1v) is 5.97. The van der Waals surface area contributed by atoms with Crippen molar-refractivity contribution in [2.45, 2.75) is 52.6 Å². The van der Waals surface area contributed by atoms with Crippen LogP contribution in [-0.2, 0) is 9.47 Å². The number of methoxy groups -OCH3 is 1. The van der Waals surface area contributed by atoms with Crippen molar-refractivity contribution in [3.05, 3.63) is 0 Å². The third-order valence-electron chi connectivity index (χ3n) is 2.53. The first-order chi connectivity index (χ1) is 6.86. The Bertz CT molecular complexity index is 98.9. The van der Waals surface area contributed by atoms with Gasteiger partial charge in [-0.25, -0.2) is 0 Å². The molecule has 2 heteroatoms. The van der Waals surface area contributed by atoms with Crippen molar-refractivity contribution < 1.29 is 9.47 Å². The van der Waals surface area contributed by atoms with Gasteiger partial charge in [-0.3, -0.25) is 0 Å². The Morgan fingerprint density at radius 3 is 2.64 bits per heavy atom. The molecule has 0 aliphatic carbocycles. The largest absolute Gasteiger partial charge is 0.382 e. The van der Waals surface area contributed by atoms with Crippen molar-refractivity contribution >= 4 is 0 Å². The molecular weight excluding hydrogens is 176 g/mol. The highest BCUT2D eigenvalue weighted by molar-refractivity contribution is 4.70. The Hall–Kier alpha value is -0.0800. The van der Waals surface area contributed by atoms with Gasteiger partial charge in [0.15, 0.2) is 0 Å². The van der Waals surface area contributed by atoms with Crippen LogP contribution in [0.2, 0.25) is 0 Å². The smallest absolute Gasteiger partial charge is 0.0811 e. The van der Waals surface area contributed by atoms with Crippen molar-refractivity contribution in [2.24, 2.45) is 5.92 Å². The van der Waals surface area contributed by atoms with Gasteiger partial charge in [0.2, 0.25) is 0 Å². The Morgan fingerprint density at radius 1 is 1.36 bits per heavy atom. The van der Waals surface area contributed by atoms with Gasteiger partial charge in [-0.1, -0.05) is 33.6 Å². The summed E-state index contributed by atoms with van der Waals surface area (Å²) in [5.74, 6) is 0.879. The Labute approximate surface area is 89.0 Å². The quantitative estimate of drug-likeness (QED) is 0.696. The molecule has 0 aromatic carbocycles. The zero-order valence-corrected chi connectivity index (χ0v) is 10.2. The molecule has 0 N–H and O–H groups in total. The van der Waals surface area contributed by atoms with Crippen molar-refractivity contribution in [3.8, 4) is 0 Å². The molecule has 0 radical (unpaired) electrons. The molecular formula is C12H26O2. The van der Waals surface area contributed by atoms with Crippen LogP contribution < -0.4 is 0 Å². The summed E-state index contributed by atoms with van der Waals surface area (Å²) in [4.78, 5) is 0. The molecule has 0 amide bonds. The summed E-state index contributed by atoms with van der Waals surface area (Å²) in [5, 5.41) is 0. The minimum atomic E-state index is 0.361. The Balaban J connectivity index is 0.000000791. The standard InChI is InChI=1S/C10H20O2.C2H6/c1-3-4-9-5-6-12-10(7-9)8-11-2;1-2/h9-10H,3-8H2,1-2H3;1-2H3. The number of hydrogen-bond donors (Lipinski definition) is 0. The van der Waals surface area contributed by atoms with Crippen molar-refractivity contribution in [2.75, 3.05) is 20.3 Å². The molecule has 1 rings (SSSR count). The third-order valence-corrected chi connectivity index (χ3v) is 2.53. The van der Waals surface area contributed by atoms with Crippen molar-refractivity contribution in [1.82, 2.24) is 0 Å². The Morgan fingerprint density at radius 2 is 2.07 bits per heavy atom. The van der Waals surface area contributed by atoms with E-state index in [9.17, 15) is 0 Å². The second-order valence-electron chi connectivity index (χ2n) is 3.63. The highest BCUT2D eigenvalue weighted by atomic mass is 16.5. The van der Waals surface area contributed by atoms with E-state index in [1.54, 1.807) is 7.11 Å². The highest BCUT2D eigenvalue weighted by Crippen LogP contribution is 2.24. The molecule has 1 aliphatic heterocycles. The monoisotopic (exact) mass is 202 g/mol. The maximum atomic E-state index is 5.57. The fourth-order valence-corrected chi connectivity index (χ4v) is 1.93. The lowest BCUT2D eigenvalue weighted by Gasteiger charge is -2.28. The molecule has 0 aromatic rings. The predicted octanol–water partition coefficient (Wildman–Crippen LogP) is 3.25. The molecule has 1 aliphatic rings. The Kier molecular flexibility index (Phi) is 9.42. The summed E-state index contributed by atoms with van der Waals surface area (Å²) < 4.78 is 10.7. The lowest BCUT2D eigenvalue weighted by Crippen LogP contribution is -2.29. The molecule has 1 fully saturated rings. The first kappa shape index (κ1) is 13.9. The molecule has 86 valence electrons. The lowest BCUT2D eigenvalue weighted by atomic mass is 9.92. The summed E-state index contributed by atoms with van der Waals surface area (Å²) in [7, 11) is 1.74. The summed E-state index contributed by atoms with van der Waals surface area (Å²) in [6, 6.07) is 0. The van der Waals surface area contributed by atoms with Gasteiger partial charge in [-0.05, 0) is 18.8 Å². The van der Waals surface area contributed by atoms with Gasteiger partial charge in [-0.15, -0.1) is 0 Å². The summed E-state index contributed by atoms with van der Waals surface area (Å²) in [6.07, 6.45) is 5.45.